The lowest BCUT2D eigenvalue weighted by Crippen LogP contribution is -2.06. The van der Waals surface area contributed by atoms with E-state index in [4.69, 9.17) is 4.84 Å². The summed E-state index contributed by atoms with van der Waals surface area (Å²) in [5.41, 5.74) is 0.778. The smallest absolute Gasteiger partial charge is 0.398 e. The van der Waals surface area contributed by atoms with Crippen molar-refractivity contribution in [2.75, 3.05) is 7.11 Å². The fraction of sp³-hybridized carbons (Fsp3) is 0.118. The van der Waals surface area contributed by atoms with Gasteiger partial charge >= 0.3 is 6.18 Å². The predicted octanol–water partition coefficient (Wildman–Crippen LogP) is 4.11. The van der Waals surface area contributed by atoms with E-state index in [0.29, 0.717) is 5.56 Å². The van der Waals surface area contributed by atoms with E-state index in [2.05, 4.69) is 17.0 Å². The summed E-state index contributed by atoms with van der Waals surface area (Å²) in [5, 5.41) is 3.76. The normalized spacial score (nSPS) is 11.5. The van der Waals surface area contributed by atoms with Gasteiger partial charge < -0.3 is 4.84 Å². The molecule has 0 atom stereocenters. The van der Waals surface area contributed by atoms with Crippen molar-refractivity contribution in [1.82, 2.24) is 0 Å². The van der Waals surface area contributed by atoms with Gasteiger partial charge in [-0.05, 0) is 30.2 Å². The Kier molecular flexibility index (Phi) is 4.84. The van der Waals surface area contributed by atoms with Gasteiger partial charge in [0.25, 0.3) is 0 Å². The molecule has 0 aliphatic rings. The van der Waals surface area contributed by atoms with Crippen LogP contribution in [-0.2, 0) is 11.0 Å². The molecule has 0 spiro atoms. The maximum atomic E-state index is 12.6. The van der Waals surface area contributed by atoms with Gasteiger partial charge in [0.15, 0.2) is 5.71 Å². The first kappa shape index (κ1) is 15.6. The second-order valence-electron chi connectivity index (χ2n) is 4.31. The molecule has 0 aliphatic carbocycles. The molecule has 0 saturated heterocycles. The maximum Gasteiger partial charge on any atom is 0.416 e. The molecule has 0 saturated carbocycles. The van der Waals surface area contributed by atoms with Crippen molar-refractivity contribution in [3.8, 4) is 11.8 Å². The lowest BCUT2D eigenvalue weighted by Gasteiger charge is -2.06. The second kappa shape index (κ2) is 6.81. The summed E-state index contributed by atoms with van der Waals surface area (Å²) in [6.07, 6.45) is -4.37. The first-order valence-electron chi connectivity index (χ1n) is 6.36. The van der Waals surface area contributed by atoms with Gasteiger partial charge in [-0.2, -0.15) is 13.2 Å². The highest BCUT2D eigenvalue weighted by Crippen LogP contribution is 2.29. The minimum Gasteiger partial charge on any atom is -0.398 e. The highest BCUT2D eigenvalue weighted by Gasteiger charge is 2.30. The van der Waals surface area contributed by atoms with Crippen LogP contribution in [0.5, 0.6) is 0 Å². The van der Waals surface area contributed by atoms with Crippen LogP contribution in [0.2, 0.25) is 0 Å². The SMILES string of the molecule is CON=C(C#Cc1ccccc1)c1ccc(C(F)(F)F)cc1. The maximum absolute atomic E-state index is 12.6. The number of hydrogen-bond acceptors (Lipinski definition) is 2. The number of rotatable bonds is 2. The Morgan fingerprint density at radius 1 is 1.00 bits per heavy atom. The molecule has 0 aromatic heterocycles. The number of halogens is 3. The minimum atomic E-state index is -4.37. The largest absolute Gasteiger partial charge is 0.416 e. The number of hydrogen-bond donors (Lipinski definition) is 0. The van der Waals surface area contributed by atoms with Crippen LogP contribution in [0.3, 0.4) is 0 Å². The Bertz CT molecular complexity index is 708. The van der Waals surface area contributed by atoms with Crippen molar-refractivity contribution in [3.63, 3.8) is 0 Å². The van der Waals surface area contributed by atoms with Crippen LogP contribution in [0.25, 0.3) is 0 Å². The number of nitrogens with zero attached hydrogens (tertiary/aromatic N) is 1. The third kappa shape index (κ3) is 4.13. The standard InChI is InChI=1S/C17H12F3NO/c1-22-21-16(12-7-13-5-3-2-4-6-13)14-8-10-15(11-9-14)17(18,19)20/h2-6,8-11H,1H3. The summed E-state index contributed by atoms with van der Waals surface area (Å²) in [4.78, 5) is 4.71. The van der Waals surface area contributed by atoms with E-state index in [1.54, 1.807) is 0 Å². The molecule has 112 valence electrons. The van der Waals surface area contributed by atoms with E-state index in [0.717, 1.165) is 17.7 Å². The zero-order chi connectivity index (χ0) is 16.0. The molecule has 0 fully saturated rings. The molecule has 2 aromatic carbocycles. The van der Waals surface area contributed by atoms with Gasteiger partial charge in [0.05, 0.1) is 5.56 Å². The summed E-state index contributed by atoms with van der Waals surface area (Å²) in [5.74, 6) is 5.70. The third-order valence-corrected chi connectivity index (χ3v) is 2.77. The summed E-state index contributed by atoms with van der Waals surface area (Å²) in [7, 11) is 1.36. The fourth-order valence-corrected chi connectivity index (χ4v) is 1.71. The molecule has 0 N–H and O–H groups in total. The van der Waals surface area contributed by atoms with Crippen LogP contribution in [-0.4, -0.2) is 12.8 Å². The van der Waals surface area contributed by atoms with Crippen LogP contribution in [0.4, 0.5) is 13.2 Å². The first-order valence-corrected chi connectivity index (χ1v) is 6.36. The van der Waals surface area contributed by atoms with Crippen LogP contribution in [0.1, 0.15) is 16.7 Å². The second-order valence-corrected chi connectivity index (χ2v) is 4.31. The van der Waals surface area contributed by atoms with E-state index >= 15 is 0 Å². The molecule has 0 bridgehead atoms. The van der Waals surface area contributed by atoms with E-state index in [1.165, 1.54) is 19.2 Å². The van der Waals surface area contributed by atoms with E-state index < -0.39 is 11.7 Å². The lowest BCUT2D eigenvalue weighted by atomic mass is 10.1. The highest BCUT2D eigenvalue weighted by molar-refractivity contribution is 6.13. The summed E-state index contributed by atoms with van der Waals surface area (Å²) in [6.45, 7) is 0. The molecule has 0 heterocycles. The molecule has 2 rings (SSSR count). The molecule has 0 radical (unpaired) electrons. The van der Waals surface area contributed by atoms with Crippen molar-refractivity contribution in [2.45, 2.75) is 6.18 Å². The molecule has 0 aliphatic heterocycles. The molecule has 2 nitrogen and oxygen atoms in total. The average molecular weight is 303 g/mol. The van der Waals surface area contributed by atoms with Crippen molar-refractivity contribution in [2.24, 2.45) is 5.16 Å². The Morgan fingerprint density at radius 2 is 1.64 bits per heavy atom. The molecule has 5 heteroatoms. The van der Waals surface area contributed by atoms with Gasteiger partial charge in [0, 0.05) is 11.1 Å². The summed E-state index contributed by atoms with van der Waals surface area (Å²) in [6, 6.07) is 13.8. The Balaban J connectivity index is 2.30. The zero-order valence-electron chi connectivity index (χ0n) is 11.7. The van der Waals surface area contributed by atoms with E-state index in [-0.39, 0.29) is 5.71 Å². The number of alkyl halides is 3. The van der Waals surface area contributed by atoms with Crippen LogP contribution in [0, 0.1) is 11.8 Å². The van der Waals surface area contributed by atoms with Gasteiger partial charge in [-0.3, -0.25) is 0 Å². The zero-order valence-corrected chi connectivity index (χ0v) is 11.7. The summed E-state index contributed by atoms with van der Waals surface area (Å²) >= 11 is 0. The highest BCUT2D eigenvalue weighted by atomic mass is 19.4. The topological polar surface area (TPSA) is 21.6 Å². The number of benzene rings is 2. The van der Waals surface area contributed by atoms with Gasteiger partial charge in [-0.25, -0.2) is 0 Å². The Hall–Kier alpha value is -2.74. The quantitative estimate of drug-likeness (QED) is 0.465. The minimum absolute atomic E-state index is 0.264. The third-order valence-electron chi connectivity index (χ3n) is 2.77. The van der Waals surface area contributed by atoms with E-state index in [1.807, 2.05) is 30.3 Å². The predicted molar refractivity (Wildman–Crippen MR) is 78.3 cm³/mol. The van der Waals surface area contributed by atoms with Gasteiger partial charge in [-0.1, -0.05) is 41.4 Å². The molecule has 0 amide bonds. The first-order chi connectivity index (χ1) is 10.5. The van der Waals surface area contributed by atoms with Crippen molar-refractivity contribution < 1.29 is 18.0 Å². The van der Waals surface area contributed by atoms with Crippen LogP contribution >= 0.6 is 0 Å². The Morgan fingerprint density at radius 3 is 2.18 bits per heavy atom. The number of oxime groups is 1. The molecular formula is C17H12F3NO. The van der Waals surface area contributed by atoms with Gasteiger partial charge in [0.2, 0.25) is 0 Å². The average Bonchev–Trinajstić information content (AvgIpc) is 2.52. The van der Waals surface area contributed by atoms with Gasteiger partial charge in [0.1, 0.15) is 7.11 Å². The fourth-order valence-electron chi connectivity index (χ4n) is 1.71. The summed E-state index contributed by atoms with van der Waals surface area (Å²) < 4.78 is 37.7. The molecule has 0 unspecified atom stereocenters. The van der Waals surface area contributed by atoms with Gasteiger partial charge in [-0.15, -0.1) is 0 Å². The van der Waals surface area contributed by atoms with Crippen LogP contribution in [0.15, 0.2) is 59.8 Å². The van der Waals surface area contributed by atoms with E-state index in [9.17, 15) is 13.2 Å². The van der Waals surface area contributed by atoms with Crippen LogP contribution < -0.4 is 0 Å². The Labute approximate surface area is 126 Å². The van der Waals surface area contributed by atoms with Crippen molar-refractivity contribution in [1.29, 1.82) is 0 Å². The monoisotopic (exact) mass is 303 g/mol. The molecule has 22 heavy (non-hydrogen) atoms. The molecule has 2 aromatic rings. The lowest BCUT2D eigenvalue weighted by molar-refractivity contribution is -0.137. The van der Waals surface area contributed by atoms with Crippen molar-refractivity contribution in [3.05, 3.63) is 71.3 Å². The van der Waals surface area contributed by atoms with Crippen molar-refractivity contribution >= 4 is 5.71 Å². The molecular weight excluding hydrogens is 291 g/mol.